The molecule has 1 aliphatic heterocycles. The molecule has 0 spiro atoms. The van der Waals surface area contributed by atoms with Gasteiger partial charge in [-0.2, -0.15) is 0 Å². The highest BCUT2D eigenvalue weighted by molar-refractivity contribution is 6.08. The molecule has 0 amide bonds. The van der Waals surface area contributed by atoms with Crippen LogP contribution in [0.1, 0.15) is 32.1 Å². The summed E-state index contributed by atoms with van der Waals surface area (Å²) in [6.45, 7) is 1.84. The van der Waals surface area contributed by atoms with E-state index < -0.39 is 11.5 Å². The summed E-state index contributed by atoms with van der Waals surface area (Å²) in [5.41, 5.74) is 4.87. The van der Waals surface area contributed by atoms with E-state index in [2.05, 4.69) is 13.2 Å². The van der Waals surface area contributed by atoms with Crippen LogP contribution in [-0.2, 0) is 9.53 Å². The van der Waals surface area contributed by atoms with Crippen LogP contribution in [0.4, 0.5) is 0 Å². The maximum Gasteiger partial charge on any atom is 0.325 e. The van der Waals surface area contributed by atoms with E-state index in [1.165, 1.54) is 0 Å². The number of nitrogens with two attached hydrogens (primary N) is 1. The van der Waals surface area contributed by atoms with Gasteiger partial charge in [-0.1, -0.05) is 19.2 Å². The zero-order chi connectivity index (χ0) is 13.4. The third kappa shape index (κ3) is 4.96. The van der Waals surface area contributed by atoms with Gasteiger partial charge in [-0.15, -0.1) is 0 Å². The van der Waals surface area contributed by atoms with Crippen molar-refractivity contribution in [2.24, 2.45) is 5.73 Å². The van der Waals surface area contributed by atoms with Gasteiger partial charge in [0, 0.05) is 25.8 Å². The summed E-state index contributed by atoms with van der Waals surface area (Å²) < 4.78 is 5.27. The van der Waals surface area contributed by atoms with Crippen molar-refractivity contribution in [1.29, 1.82) is 0 Å². The van der Waals surface area contributed by atoms with E-state index in [0.717, 1.165) is 45.2 Å². The molecule has 1 heterocycles. The number of rotatable bonds is 8. The minimum atomic E-state index is -1.13. The minimum absolute atomic E-state index is 0.340. The first-order valence-electron chi connectivity index (χ1n) is 6.92. The number of carboxylic acid groups (broad SMARTS) is 1. The zero-order valence-corrected chi connectivity index (χ0v) is 11.3. The molecule has 1 fully saturated rings. The van der Waals surface area contributed by atoms with E-state index in [4.69, 9.17) is 10.5 Å². The van der Waals surface area contributed by atoms with Gasteiger partial charge in [0.2, 0.25) is 0 Å². The molecule has 0 bridgehead atoms. The number of ether oxygens (including phenoxy) is 1. The molecule has 1 aliphatic rings. The van der Waals surface area contributed by atoms with Crippen molar-refractivity contribution < 1.29 is 14.6 Å². The Balaban J connectivity index is 2.37. The Morgan fingerprint density at radius 2 is 2.11 bits per heavy atom. The number of carbonyl (C=O) groups is 1. The molecule has 104 valence electrons. The average molecular weight is 256 g/mol. The Kier molecular flexibility index (Phi) is 6.67. The number of nitrogens with one attached hydrogen (secondary N) is 1. The lowest BCUT2D eigenvalue weighted by Crippen LogP contribution is -2.57. The third-order valence-electron chi connectivity index (χ3n) is 3.58. The molecule has 0 aromatic heterocycles. The van der Waals surface area contributed by atoms with Gasteiger partial charge in [-0.3, -0.25) is 4.79 Å². The van der Waals surface area contributed by atoms with Crippen molar-refractivity contribution in [2.75, 3.05) is 19.8 Å². The predicted octanol–water partition coefficient (Wildman–Crippen LogP) is -0.241. The highest BCUT2D eigenvalue weighted by atomic mass is 16.5. The van der Waals surface area contributed by atoms with Gasteiger partial charge in [0.25, 0.3) is 0 Å². The Hall–Kier alpha value is -0.585. The fourth-order valence-electron chi connectivity index (χ4n) is 2.19. The van der Waals surface area contributed by atoms with Gasteiger partial charge >= 0.3 is 5.97 Å². The second kappa shape index (κ2) is 7.76. The van der Waals surface area contributed by atoms with Crippen LogP contribution < -0.4 is 11.1 Å². The van der Waals surface area contributed by atoms with Gasteiger partial charge < -0.3 is 20.9 Å². The molecule has 0 aromatic carbocycles. The lowest BCUT2D eigenvalue weighted by molar-refractivity contribution is -0.143. The SMILES string of the molecule is BCCCCC(N)(CNC1CCOCC1)C(=O)O. The number of hydrogen-bond acceptors (Lipinski definition) is 4. The Morgan fingerprint density at radius 3 is 2.67 bits per heavy atom. The number of hydrogen-bond donors (Lipinski definition) is 3. The molecule has 1 unspecified atom stereocenters. The average Bonchev–Trinajstić information content (AvgIpc) is 2.38. The standard InChI is InChI=1S/C12H25BN2O3/c13-6-2-1-5-12(14,11(16)17)9-15-10-3-7-18-8-4-10/h10,15H,1-9,13-14H2,(H,16,17). The zero-order valence-electron chi connectivity index (χ0n) is 11.3. The van der Waals surface area contributed by atoms with E-state index in [1.807, 2.05) is 0 Å². The number of carboxylic acids is 1. The predicted molar refractivity (Wildman–Crippen MR) is 73.6 cm³/mol. The van der Waals surface area contributed by atoms with Crippen LogP contribution in [-0.4, -0.2) is 50.3 Å². The first-order valence-corrected chi connectivity index (χ1v) is 6.92. The highest BCUT2D eigenvalue weighted by Gasteiger charge is 2.33. The van der Waals surface area contributed by atoms with E-state index in [9.17, 15) is 9.90 Å². The first kappa shape index (κ1) is 15.5. The lowest BCUT2D eigenvalue weighted by atomic mass is 9.90. The first-order chi connectivity index (χ1) is 8.58. The molecule has 4 N–H and O–H groups in total. The van der Waals surface area contributed by atoms with Crippen LogP contribution in [0, 0.1) is 0 Å². The van der Waals surface area contributed by atoms with Crippen molar-refractivity contribution >= 4 is 13.8 Å². The van der Waals surface area contributed by atoms with Crippen LogP contribution in [0.25, 0.3) is 0 Å². The van der Waals surface area contributed by atoms with Crippen LogP contribution in [0.5, 0.6) is 0 Å². The van der Waals surface area contributed by atoms with E-state index >= 15 is 0 Å². The maximum atomic E-state index is 11.3. The summed E-state index contributed by atoms with van der Waals surface area (Å²) in [5, 5.41) is 12.6. The summed E-state index contributed by atoms with van der Waals surface area (Å²) in [4.78, 5) is 11.3. The minimum Gasteiger partial charge on any atom is -0.480 e. The van der Waals surface area contributed by atoms with E-state index in [1.54, 1.807) is 0 Å². The fourth-order valence-corrected chi connectivity index (χ4v) is 2.19. The van der Waals surface area contributed by atoms with Crippen LogP contribution in [0.2, 0.25) is 6.32 Å². The molecular formula is C12H25BN2O3. The largest absolute Gasteiger partial charge is 0.480 e. The van der Waals surface area contributed by atoms with E-state index in [-0.39, 0.29) is 0 Å². The molecule has 0 saturated carbocycles. The highest BCUT2D eigenvalue weighted by Crippen LogP contribution is 2.14. The molecule has 0 aromatic rings. The van der Waals surface area contributed by atoms with Gasteiger partial charge in [-0.25, -0.2) is 0 Å². The van der Waals surface area contributed by atoms with Crippen molar-refractivity contribution in [2.45, 2.75) is 50.0 Å². The van der Waals surface area contributed by atoms with Crippen molar-refractivity contribution in [3.63, 3.8) is 0 Å². The molecule has 0 aliphatic carbocycles. The normalized spacial score (nSPS) is 20.5. The molecule has 5 nitrogen and oxygen atoms in total. The monoisotopic (exact) mass is 256 g/mol. The van der Waals surface area contributed by atoms with Crippen molar-refractivity contribution in [1.82, 2.24) is 5.32 Å². The second-order valence-electron chi connectivity index (χ2n) is 5.19. The molecule has 1 saturated heterocycles. The smallest absolute Gasteiger partial charge is 0.325 e. The van der Waals surface area contributed by atoms with Crippen LogP contribution >= 0.6 is 0 Å². The fraction of sp³-hybridized carbons (Fsp3) is 0.917. The van der Waals surface area contributed by atoms with Gasteiger partial charge in [-0.05, 0) is 19.3 Å². The molecular weight excluding hydrogens is 231 g/mol. The van der Waals surface area contributed by atoms with Crippen LogP contribution in [0.3, 0.4) is 0 Å². The molecule has 0 radical (unpaired) electrons. The molecule has 18 heavy (non-hydrogen) atoms. The molecule has 1 atom stereocenters. The van der Waals surface area contributed by atoms with E-state index in [0.29, 0.717) is 19.0 Å². The summed E-state index contributed by atoms with van der Waals surface area (Å²) in [5.74, 6) is -0.904. The second-order valence-corrected chi connectivity index (χ2v) is 5.19. The Bertz CT molecular complexity index is 260. The summed E-state index contributed by atoms with van der Waals surface area (Å²) in [7, 11) is 2.10. The van der Waals surface area contributed by atoms with Crippen molar-refractivity contribution in [3.05, 3.63) is 0 Å². The van der Waals surface area contributed by atoms with Gasteiger partial charge in [0.05, 0.1) is 0 Å². The number of unbranched alkanes of at least 4 members (excludes halogenated alkanes) is 1. The van der Waals surface area contributed by atoms with Gasteiger partial charge in [0.1, 0.15) is 13.4 Å². The Labute approximate surface area is 110 Å². The quantitative estimate of drug-likeness (QED) is 0.412. The molecule has 1 rings (SSSR count). The summed E-state index contributed by atoms with van der Waals surface area (Å²) in [6, 6.07) is 0.340. The Morgan fingerprint density at radius 1 is 1.44 bits per heavy atom. The summed E-state index contributed by atoms with van der Waals surface area (Å²) in [6.07, 6.45) is 5.38. The van der Waals surface area contributed by atoms with Gasteiger partial charge in [0.15, 0.2) is 0 Å². The lowest BCUT2D eigenvalue weighted by Gasteiger charge is -2.30. The summed E-state index contributed by atoms with van der Waals surface area (Å²) >= 11 is 0. The number of aliphatic carboxylic acids is 1. The third-order valence-corrected chi connectivity index (χ3v) is 3.58. The van der Waals surface area contributed by atoms with Crippen molar-refractivity contribution in [3.8, 4) is 0 Å². The molecule has 6 heteroatoms. The topological polar surface area (TPSA) is 84.6 Å². The maximum absolute atomic E-state index is 11.3. The van der Waals surface area contributed by atoms with Crippen LogP contribution in [0.15, 0.2) is 0 Å².